The summed E-state index contributed by atoms with van der Waals surface area (Å²) in [6.45, 7) is 5.64. The molecule has 0 amide bonds. The summed E-state index contributed by atoms with van der Waals surface area (Å²) in [5.41, 5.74) is 0. The molecule has 262 valence electrons. The minimum absolute atomic E-state index is 0.0585. The van der Waals surface area contributed by atoms with Crippen molar-refractivity contribution in [2.75, 3.05) is 39.6 Å². The molecule has 1 N–H and O–H groups in total. The predicted octanol–water partition coefficient (Wildman–Crippen LogP) is 8.37. The topological polar surface area (TPSA) is 125 Å². The summed E-state index contributed by atoms with van der Waals surface area (Å²) in [6, 6.07) is 0. The molecule has 0 aromatic carbocycles. The first-order chi connectivity index (χ1) is 21.3. The fraction of sp³-hybridized carbons (Fsp3) is 0.941. The second kappa shape index (κ2) is 31.7. The van der Waals surface area contributed by atoms with Gasteiger partial charge in [0.1, 0.15) is 13.2 Å². The van der Waals surface area contributed by atoms with Crippen molar-refractivity contribution in [1.82, 2.24) is 0 Å². The van der Waals surface area contributed by atoms with Crippen LogP contribution in [0.25, 0.3) is 0 Å². The zero-order valence-corrected chi connectivity index (χ0v) is 29.0. The van der Waals surface area contributed by atoms with Gasteiger partial charge in [-0.25, -0.2) is 0 Å². The van der Waals surface area contributed by atoms with Crippen molar-refractivity contribution in [2.24, 2.45) is 0 Å². The fourth-order valence-corrected chi connectivity index (χ4v) is 5.63. The zero-order valence-electron chi connectivity index (χ0n) is 28.2. The molecule has 0 rings (SSSR count). The minimum Gasteiger partial charge on any atom is -0.463 e. The van der Waals surface area contributed by atoms with E-state index in [1.165, 1.54) is 116 Å². The first kappa shape index (κ1) is 42.8. The van der Waals surface area contributed by atoms with Crippen molar-refractivity contribution in [3.63, 3.8) is 0 Å². The first-order valence-corrected chi connectivity index (χ1v) is 19.3. The van der Waals surface area contributed by atoms with Gasteiger partial charge in [-0.1, -0.05) is 142 Å². The standard InChI is InChI=1S/C34H66O9S/c1-3-5-7-9-11-13-15-17-19-21-23-25-40-27-29-42-33(35)31-32(44(37,38)39)34(36)43-30-28-41-26-24-22-20-18-16-14-12-10-8-6-4-2/h32H,3-31H2,1-2H3,(H,37,38,39). The van der Waals surface area contributed by atoms with Crippen LogP contribution in [0.1, 0.15) is 162 Å². The van der Waals surface area contributed by atoms with Crippen molar-refractivity contribution in [1.29, 1.82) is 0 Å². The molecule has 0 saturated carbocycles. The molecule has 0 aliphatic heterocycles. The second-order valence-electron chi connectivity index (χ2n) is 11.9. The smallest absolute Gasteiger partial charge is 0.327 e. The van der Waals surface area contributed by atoms with Gasteiger partial charge in [-0.05, 0) is 12.8 Å². The van der Waals surface area contributed by atoms with E-state index in [2.05, 4.69) is 13.8 Å². The van der Waals surface area contributed by atoms with Crippen LogP contribution in [0.5, 0.6) is 0 Å². The van der Waals surface area contributed by atoms with Crippen LogP contribution in [0.3, 0.4) is 0 Å². The summed E-state index contributed by atoms with van der Waals surface area (Å²) in [5, 5.41) is -2.03. The number of esters is 2. The molecule has 0 fully saturated rings. The molecule has 44 heavy (non-hydrogen) atoms. The van der Waals surface area contributed by atoms with Crippen LogP contribution in [0.4, 0.5) is 0 Å². The summed E-state index contributed by atoms with van der Waals surface area (Å²) < 4.78 is 53.6. The molecule has 0 aliphatic carbocycles. The van der Waals surface area contributed by atoms with E-state index in [1.54, 1.807) is 0 Å². The van der Waals surface area contributed by atoms with Crippen molar-refractivity contribution in [3.8, 4) is 0 Å². The maximum atomic E-state index is 12.2. The molecule has 1 atom stereocenters. The Morgan fingerprint density at radius 1 is 0.500 bits per heavy atom. The Balaban J connectivity index is 3.78. The van der Waals surface area contributed by atoms with Gasteiger partial charge in [0.05, 0.1) is 19.6 Å². The lowest BCUT2D eigenvalue weighted by Crippen LogP contribution is -2.35. The van der Waals surface area contributed by atoms with Gasteiger partial charge in [0, 0.05) is 13.2 Å². The molecule has 0 bridgehead atoms. The number of unbranched alkanes of at least 4 members (excludes halogenated alkanes) is 20. The lowest BCUT2D eigenvalue weighted by Gasteiger charge is -2.13. The SMILES string of the molecule is CCCCCCCCCCCCCOCCOC(=O)CC(C(=O)OCCOCCCCCCCCCCCCC)S(=O)(=O)O. The third-order valence-electron chi connectivity index (χ3n) is 7.72. The third-order valence-corrected chi connectivity index (χ3v) is 8.80. The van der Waals surface area contributed by atoms with Gasteiger partial charge >= 0.3 is 11.9 Å². The summed E-state index contributed by atoms with van der Waals surface area (Å²) in [4.78, 5) is 24.3. The number of rotatable bonds is 34. The Labute approximate surface area is 269 Å². The molecular weight excluding hydrogens is 584 g/mol. The van der Waals surface area contributed by atoms with Gasteiger partial charge < -0.3 is 18.9 Å². The molecular formula is C34H66O9S. The van der Waals surface area contributed by atoms with E-state index in [1.807, 2.05) is 0 Å². The van der Waals surface area contributed by atoms with Crippen LogP contribution < -0.4 is 0 Å². The third kappa shape index (κ3) is 29.5. The molecule has 1 unspecified atom stereocenters. The lowest BCUT2D eigenvalue weighted by molar-refractivity contribution is -0.151. The molecule has 0 spiro atoms. The van der Waals surface area contributed by atoms with Crippen LogP contribution in [0.2, 0.25) is 0 Å². The number of ether oxygens (including phenoxy) is 4. The number of hydrogen-bond donors (Lipinski definition) is 1. The summed E-state index contributed by atoms with van der Waals surface area (Å²) in [7, 11) is -4.84. The highest BCUT2D eigenvalue weighted by Gasteiger charge is 2.35. The highest BCUT2D eigenvalue weighted by atomic mass is 32.2. The molecule has 0 aromatic rings. The minimum atomic E-state index is -4.84. The summed E-state index contributed by atoms with van der Waals surface area (Å²) in [6.07, 6.45) is 26.5. The maximum Gasteiger partial charge on any atom is 0.327 e. The monoisotopic (exact) mass is 650 g/mol. The van der Waals surface area contributed by atoms with E-state index in [9.17, 15) is 22.6 Å². The fourth-order valence-electron chi connectivity index (χ4n) is 4.97. The van der Waals surface area contributed by atoms with Crippen molar-refractivity contribution >= 4 is 22.1 Å². The molecule has 9 nitrogen and oxygen atoms in total. The predicted molar refractivity (Wildman–Crippen MR) is 176 cm³/mol. The van der Waals surface area contributed by atoms with Crippen molar-refractivity contribution in [3.05, 3.63) is 0 Å². The van der Waals surface area contributed by atoms with Gasteiger partial charge in [0.2, 0.25) is 0 Å². The van der Waals surface area contributed by atoms with Crippen LogP contribution in [0.15, 0.2) is 0 Å². The Bertz CT molecular complexity index is 758. The van der Waals surface area contributed by atoms with E-state index in [0.717, 1.165) is 25.7 Å². The van der Waals surface area contributed by atoms with E-state index >= 15 is 0 Å². The van der Waals surface area contributed by atoms with Crippen LogP contribution in [-0.4, -0.2) is 69.8 Å². The summed E-state index contributed by atoms with van der Waals surface area (Å²) in [5.74, 6) is -2.12. The van der Waals surface area contributed by atoms with Crippen molar-refractivity contribution in [2.45, 2.75) is 167 Å². The average molecular weight is 651 g/mol. The van der Waals surface area contributed by atoms with E-state index in [0.29, 0.717) is 13.2 Å². The lowest BCUT2D eigenvalue weighted by atomic mass is 10.1. The van der Waals surface area contributed by atoms with Crippen molar-refractivity contribution < 1.29 is 41.5 Å². The Morgan fingerprint density at radius 3 is 1.20 bits per heavy atom. The van der Waals surface area contributed by atoms with Crippen LogP contribution in [-0.2, 0) is 38.7 Å². The van der Waals surface area contributed by atoms with Gasteiger partial charge in [0.25, 0.3) is 10.1 Å². The van der Waals surface area contributed by atoms with E-state index < -0.39 is 33.7 Å². The van der Waals surface area contributed by atoms with E-state index in [4.69, 9.17) is 18.9 Å². The van der Waals surface area contributed by atoms with Gasteiger partial charge in [-0.3, -0.25) is 14.1 Å². The normalized spacial score (nSPS) is 12.3. The number of hydrogen-bond acceptors (Lipinski definition) is 8. The Hall–Kier alpha value is -1.23. The molecule has 0 radical (unpaired) electrons. The molecule has 0 saturated heterocycles. The zero-order chi connectivity index (χ0) is 32.6. The van der Waals surface area contributed by atoms with Gasteiger partial charge in [-0.15, -0.1) is 0 Å². The highest BCUT2D eigenvalue weighted by molar-refractivity contribution is 7.87. The number of carbonyl (C=O) groups excluding carboxylic acids is 2. The number of carbonyl (C=O) groups is 2. The van der Waals surface area contributed by atoms with Crippen LogP contribution in [0, 0.1) is 0 Å². The molecule has 0 heterocycles. The van der Waals surface area contributed by atoms with Gasteiger partial charge in [-0.2, -0.15) is 8.42 Å². The maximum absolute atomic E-state index is 12.2. The summed E-state index contributed by atoms with van der Waals surface area (Å²) >= 11 is 0. The molecule has 10 heteroatoms. The average Bonchev–Trinajstić information content (AvgIpc) is 2.99. The Morgan fingerprint density at radius 2 is 0.841 bits per heavy atom. The van der Waals surface area contributed by atoms with Crippen LogP contribution >= 0.6 is 0 Å². The molecule has 0 aromatic heterocycles. The quantitative estimate of drug-likeness (QED) is 0.0415. The Kier molecular flexibility index (Phi) is 30.9. The largest absolute Gasteiger partial charge is 0.463 e. The van der Waals surface area contributed by atoms with Gasteiger partial charge in [0.15, 0.2) is 5.25 Å². The first-order valence-electron chi connectivity index (χ1n) is 17.8. The van der Waals surface area contributed by atoms with E-state index in [-0.39, 0.29) is 26.4 Å². The molecule has 0 aliphatic rings. The highest BCUT2D eigenvalue weighted by Crippen LogP contribution is 2.13. The second-order valence-corrected chi connectivity index (χ2v) is 13.5.